The van der Waals surface area contributed by atoms with Crippen LogP contribution in [0.3, 0.4) is 0 Å². The average molecular weight is 394 g/mol. The molecule has 2 N–H and O–H groups in total. The summed E-state index contributed by atoms with van der Waals surface area (Å²) in [6.07, 6.45) is -5.08. The van der Waals surface area contributed by atoms with Crippen molar-refractivity contribution >= 4 is 16.0 Å². The van der Waals surface area contributed by atoms with Crippen molar-refractivity contribution < 1.29 is 31.5 Å². The second-order valence-electron chi connectivity index (χ2n) is 6.51. The van der Waals surface area contributed by atoms with Gasteiger partial charge in [0, 0.05) is 31.6 Å². The Morgan fingerprint density at radius 1 is 1.27 bits per heavy atom. The lowest BCUT2D eigenvalue weighted by Crippen LogP contribution is -2.40. The molecule has 1 aromatic carbocycles. The third-order valence-corrected chi connectivity index (χ3v) is 6.70. The number of rotatable bonds is 2. The van der Waals surface area contributed by atoms with E-state index in [9.17, 15) is 21.6 Å². The summed E-state index contributed by atoms with van der Waals surface area (Å²) in [5.74, 6) is -2.47. The first-order valence-electron chi connectivity index (χ1n) is 8.05. The summed E-state index contributed by atoms with van der Waals surface area (Å²) in [5, 5.41) is 10.3. The molecular weight excluding hydrogens is 373 g/mol. The Kier molecular flexibility index (Phi) is 5.99. The van der Waals surface area contributed by atoms with Crippen LogP contribution < -0.4 is 5.32 Å². The number of carbonyl (C=O) groups is 1. The molecule has 1 fully saturated rings. The van der Waals surface area contributed by atoms with E-state index in [-0.39, 0.29) is 11.3 Å². The van der Waals surface area contributed by atoms with E-state index in [0.717, 1.165) is 6.54 Å². The van der Waals surface area contributed by atoms with Crippen molar-refractivity contribution in [3.8, 4) is 0 Å². The second-order valence-corrected chi connectivity index (χ2v) is 9.00. The van der Waals surface area contributed by atoms with Gasteiger partial charge in [0.05, 0.1) is 5.25 Å². The van der Waals surface area contributed by atoms with Gasteiger partial charge >= 0.3 is 12.1 Å². The second kappa shape index (κ2) is 7.53. The van der Waals surface area contributed by atoms with E-state index >= 15 is 0 Å². The van der Waals surface area contributed by atoms with E-state index in [4.69, 9.17) is 9.90 Å². The highest BCUT2D eigenvalue weighted by Crippen LogP contribution is 2.35. The van der Waals surface area contributed by atoms with Crippen LogP contribution in [0.4, 0.5) is 13.2 Å². The first kappa shape index (κ1) is 20.7. The summed E-state index contributed by atoms with van der Waals surface area (Å²) in [7, 11) is -3.14. The lowest BCUT2D eigenvalue weighted by molar-refractivity contribution is -0.192. The molecule has 10 heteroatoms. The van der Waals surface area contributed by atoms with Crippen LogP contribution in [0.5, 0.6) is 0 Å². The van der Waals surface area contributed by atoms with Crippen LogP contribution in [0.1, 0.15) is 30.9 Å². The van der Waals surface area contributed by atoms with E-state index < -0.39 is 22.2 Å². The zero-order valence-electron chi connectivity index (χ0n) is 14.3. The van der Waals surface area contributed by atoms with Crippen molar-refractivity contribution in [2.24, 2.45) is 0 Å². The fraction of sp³-hybridized carbons (Fsp3) is 0.562. The Morgan fingerprint density at radius 3 is 2.38 bits per heavy atom. The third-order valence-electron chi connectivity index (χ3n) is 4.49. The molecule has 0 radical (unpaired) electrons. The third kappa shape index (κ3) is 4.36. The molecule has 0 spiro atoms. The van der Waals surface area contributed by atoms with E-state index in [1.807, 2.05) is 12.1 Å². The van der Waals surface area contributed by atoms with Crippen LogP contribution in [-0.4, -0.2) is 54.4 Å². The largest absolute Gasteiger partial charge is 0.490 e. The molecule has 0 aromatic heterocycles. The standard InChI is InChI=1S/C14H20N2O2S.C2HF3O2/c1-10(2)19(17,18)16-8-13-12-6-4-3-5-11(12)7-15-14(13)9-16;3-2(4,5)1(6)7/h3-6,10,13-15H,7-9H2,1-2H3;(H,6,7)/t13-,14+;/m0./s1. The molecule has 2 aliphatic rings. The number of hydrogen-bond acceptors (Lipinski definition) is 4. The Balaban J connectivity index is 0.000000298. The highest BCUT2D eigenvalue weighted by Gasteiger charge is 2.42. The van der Waals surface area contributed by atoms with Crippen LogP contribution >= 0.6 is 0 Å². The monoisotopic (exact) mass is 394 g/mol. The van der Waals surface area contributed by atoms with Crippen LogP contribution in [0, 0.1) is 0 Å². The first-order valence-corrected chi connectivity index (χ1v) is 9.55. The van der Waals surface area contributed by atoms with E-state index in [2.05, 4.69) is 17.4 Å². The van der Waals surface area contributed by atoms with Gasteiger partial charge in [0.15, 0.2) is 0 Å². The van der Waals surface area contributed by atoms with Gasteiger partial charge in [-0.2, -0.15) is 17.5 Å². The van der Waals surface area contributed by atoms with Crippen molar-refractivity contribution in [2.45, 2.75) is 43.8 Å². The molecule has 2 aliphatic heterocycles. The van der Waals surface area contributed by atoms with Crippen molar-refractivity contribution in [1.82, 2.24) is 9.62 Å². The van der Waals surface area contributed by atoms with Crippen molar-refractivity contribution in [3.05, 3.63) is 35.4 Å². The van der Waals surface area contributed by atoms with Gasteiger partial charge in [-0.3, -0.25) is 0 Å². The molecule has 2 heterocycles. The lowest BCUT2D eigenvalue weighted by Gasteiger charge is -2.28. The van der Waals surface area contributed by atoms with Gasteiger partial charge in [0.25, 0.3) is 0 Å². The molecule has 146 valence electrons. The normalized spacial score (nSPS) is 23.0. The first-order chi connectivity index (χ1) is 11.9. The number of carboxylic acids is 1. The lowest BCUT2D eigenvalue weighted by atomic mass is 9.87. The van der Waals surface area contributed by atoms with Gasteiger partial charge in [-0.15, -0.1) is 0 Å². The molecule has 3 rings (SSSR count). The zero-order chi connectivity index (χ0) is 19.7. The number of sulfonamides is 1. The smallest absolute Gasteiger partial charge is 0.475 e. The number of hydrogen-bond donors (Lipinski definition) is 2. The van der Waals surface area contributed by atoms with Crippen molar-refractivity contribution in [3.63, 3.8) is 0 Å². The summed E-state index contributed by atoms with van der Waals surface area (Å²) in [6.45, 7) is 5.54. The molecule has 0 aliphatic carbocycles. The number of alkyl halides is 3. The van der Waals surface area contributed by atoms with Gasteiger partial charge in [-0.1, -0.05) is 24.3 Å². The maximum atomic E-state index is 12.3. The Bertz CT molecular complexity index is 765. The van der Waals surface area contributed by atoms with Gasteiger partial charge in [-0.25, -0.2) is 13.2 Å². The van der Waals surface area contributed by atoms with E-state index in [0.29, 0.717) is 19.0 Å². The molecular formula is C16H21F3N2O4S. The van der Waals surface area contributed by atoms with E-state index in [1.165, 1.54) is 11.1 Å². The number of aliphatic carboxylic acids is 1. The Morgan fingerprint density at radius 2 is 1.85 bits per heavy atom. The summed E-state index contributed by atoms with van der Waals surface area (Å²) in [6, 6.07) is 8.60. The summed E-state index contributed by atoms with van der Waals surface area (Å²) in [5.41, 5.74) is 2.61. The Labute approximate surface area is 150 Å². The molecule has 0 bridgehead atoms. The molecule has 26 heavy (non-hydrogen) atoms. The minimum Gasteiger partial charge on any atom is -0.475 e. The van der Waals surface area contributed by atoms with Gasteiger partial charge in [0.1, 0.15) is 0 Å². The fourth-order valence-electron chi connectivity index (χ4n) is 3.09. The number of nitrogens with zero attached hydrogens (tertiary/aromatic N) is 1. The summed E-state index contributed by atoms with van der Waals surface area (Å²) >= 11 is 0. The molecule has 1 saturated heterocycles. The van der Waals surface area contributed by atoms with Gasteiger partial charge < -0.3 is 10.4 Å². The molecule has 0 unspecified atom stereocenters. The minimum atomic E-state index is -5.08. The van der Waals surface area contributed by atoms with Gasteiger partial charge in [-0.05, 0) is 25.0 Å². The predicted molar refractivity (Wildman–Crippen MR) is 89.1 cm³/mol. The molecule has 6 nitrogen and oxygen atoms in total. The number of carboxylic acid groups (broad SMARTS) is 1. The fourth-order valence-corrected chi connectivity index (χ4v) is 4.43. The predicted octanol–water partition coefficient (Wildman–Crippen LogP) is 1.93. The van der Waals surface area contributed by atoms with Crippen LogP contribution in [0.2, 0.25) is 0 Å². The quantitative estimate of drug-likeness (QED) is 0.801. The zero-order valence-corrected chi connectivity index (χ0v) is 15.1. The van der Waals surface area contributed by atoms with Crippen molar-refractivity contribution in [1.29, 1.82) is 0 Å². The number of fused-ring (bicyclic) bond motifs is 3. The topological polar surface area (TPSA) is 86.7 Å². The number of halogens is 3. The number of benzene rings is 1. The molecule has 1 aromatic rings. The van der Waals surface area contributed by atoms with Crippen LogP contribution in [0.15, 0.2) is 24.3 Å². The summed E-state index contributed by atoms with van der Waals surface area (Å²) in [4.78, 5) is 8.90. The van der Waals surface area contributed by atoms with Crippen LogP contribution in [-0.2, 0) is 21.4 Å². The van der Waals surface area contributed by atoms with Crippen LogP contribution in [0.25, 0.3) is 0 Å². The average Bonchev–Trinajstić information content (AvgIpc) is 2.99. The molecule has 0 amide bonds. The minimum absolute atomic E-state index is 0.253. The maximum absolute atomic E-state index is 12.3. The highest BCUT2D eigenvalue weighted by atomic mass is 32.2. The van der Waals surface area contributed by atoms with Gasteiger partial charge in [0.2, 0.25) is 10.0 Å². The number of nitrogens with one attached hydrogen (secondary N) is 1. The SMILES string of the molecule is CC(C)S(=O)(=O)N1C[C@H]2NCc3ccccc3[C@@H]2C1.O=C(O)C(F)(F)F. The summed E-state index contributed by atoms with van der Waals surface area (Å²) < 4.78 is 58.0. The Hall–Kier alpha value is -1.65. The molecule has 0 saturated carbocycles. The maximum Gasteiger partial charge on any atom is 0.490 e. The van der Waals surface area contributed by atoms with Crippen molar-refractivity contribution in [2.75, 3.05) is 13.1 Å². The van der Waals surface area contributed by atoms with E-state index in [1.54, 1.807) is 18.2 Å². The highest BCUT2D eigenvalue weighted by molar-refractivity contribution is 7.89. The molecule has 2 atom stereocenters.